The second kappa shape index (κ2) is 5.75. The molecule has 1 aliphatic rings. The molecule has 3 nitrogen and oxygen atoms in total. The van der Waals surface area contributed by atoms with Gasteiger partial charge in [-0.25, -0.2) is 4.98 Å². The van der Waals surface area contributed by atoms with Crippen LogP contribution in [0, 0.1) is 13.8 Å². The van der Waals surface area contributed by atoms with Gasteiger partial charge in [0, 0.05) is 23.1 Å². The Morgan fingerprint density at radius 1 is 0.917 bits per heavy atom. The Hall–Kier alpha value is -2.68. The minimum Gasteiger partial charge on any atom is -0.340 e. The van der Waals surface area contributed by atoms with Crippen molar-refractivity contribution in [3.8, 4) is 0 Å². The van der Waals surface area contributed by atoms with Crippen LogP contribution in [0.4, 0.5) is 11.5 Å². The third-order valence-corrected chi connectivity index (χ3v) is 4.65. The lowest BCUT2D eigenvalue weighted by Crippen LogP contribution is -2.14. The highest BCUT2D eigenvalue weighted by Gasteiger charge is 2.23. The summed E-state index contributed by atoms with van der Waals surface area (Å²) >= 11 is 0. The van der Waals surface area contributed by atoms with E-state index in [4.69, 9.17) is 4.98 Å². The molecule has 0 fully saturated rings. The molecule has 1 aromatic heterocycles. The van der Waals surface area contributed by atoms with Gasteiger partial charge >= 0.3 is 0 Å². The number of anilines is 2. The number of aryl methyl sites for hydroxylation is 3. The number of carbonyl (C=O) groups excluding carboxylic acids is 1. The first-order valence-electron chi connectivity index (χ1n) is 8.42. The monoisotopic (exact) mass is 316 g/mol. The maximum atomic E-state index is 12.5. The normalized spacial score (nSPS) is 13.8. The molecule has 0 atom stereocenters. The fourth-order valence-electron chi connectivity index (χ4n) is 3.38. The van der Waals surface area contributed by atoms with Gasteiger partial charge in [-0.2, -0.15) is 0 Å². The predicted octanol–water partition coefficient (Wildman–Crippen LogP) is 5.11. The first-order chi connectivity index (χ1) is 11.6. The van der Waals surface area contributed by atoms with Crippen molar-refractivity contribution in [3.05, 3.63) is 64.8 Å². The van der Waals surface area contributed by atoms with Gasteiger partial charge in [0.25, 0.3) is 0 Å². The largest absolute Gasteiger partial charge is 0.340 e. The van der Waals surface area contributed by atoms with Gasteiger partial charge in [-0.3, -0.25) is 4.79 Å². The molecule has 0 spiro atoms. The van der Waals surface area contributed by atoms with Gasteiger partial charge in [-0.05, 0) is 44.2 Å². The summed E-state index contributed by atoms with van der Waals surface area (Å²) in [7, 11) is 0. The number of hydrogen-bond acceptors (Lipinski definition) is 3. The molecular weight excluding hydrogens is 296 g/mol. The molecule has 1 heterocycles. The van der Waals surface area contributed by atoms with Crippen molar-refractivity contribution in [2.75, 3.05) is 5.32 Å². The van der Waals surface area contributed by atoms with Crippen molar-refractivity contribution in [2.45, 2.75) is 33.1 Å². The second-order valence-corrected chi connectivity index (χ2v) is 6.60. The Morgan fingerprint density at radius 3 is 2.46 bits per heavy atom. The van der Waals surface area contributed by atoms with E-state index in [-0.39, 0.29) is 5.78 Å². The smallest absolute Gasteiger partial charge is 0.165 e. The van der Waals surface area contributed by atoms with E-state index in [9.17, 15) is 4.79 Å². The molecular formula is C21H20N2O. The molecule has 24 heavy (non-hydrogen) atoms. The number of Topliss-reactive ketones (excluding diaryl/α,β-unsaturated/α-hetero) is 1. The molecule has 1 N–H and O–H groups in total. The van der Waals surface area contributed by atoms with Crippen LogP contribution in [0.3, 0.4) is 0 Å². The summed E-state index contributed by atoms with van der Waals surface area (Å²) in [6, 6.07) is 14.5. The summed E-state index contributed by atoms with van der Waals surface area (Å²) in [5, 5.41) is 5.47. The van der Waals surface area contributed by atoms with Gasteiger partial charge in [0.1, 0.15) is 5.82 Å². The summed E-state index contributed by atoms with van der Waals surface area (Å²) in [5.74, 6) is 1.06. The molecule has 0 unspecified atom stereocenters. The minimum atomic E-state index is 0.223. The standard InChI is InChI=1S/C21H20N2O/c1-13-6-9-15(10-7-13)22-21-16-11-8-14(2)12-17(16)20-18(23-21)4-3-5-19(20)24/h6-12H,3-5H2,1-2H3,(H,22,23). The molecule has 0 bridgehead atoms. The lowest BCUT2D eigenvalue weighted by atomic mass is 9.90. The van der Waals surface area contributed by atoms with E-state index in [1.165, 1.54) is 5.56 Å². The van der Waals surface area contributed by atoms with Gasteiger partial charge < -0.3 is 5.32 Å². The third-order valence-electron chi connectivity index (χ3n) is 4.65. The molecule has 0 saturated carbocycles. The summed E-state index contributed by atoms with van der Waals surface area (Å²) in [6.45, 7) is 4.14. The first kappa shape index (κ1) is 14.9. The molecule has 1 aliphatic carbocycles. The van der Waals surface area contributed by atoms with Crippen LogP contribution >= 0.6 is 0 Å². The van der Waals surface area contributed by atoms with E-state index in [1.807, 2.05) is 0 Å². The Morgan fingerprint density at radius 2 is 1.67 bits per heavy atom. The summed E-state index contributed by atoms with van der Waals surface area (Å²) < 4.78 is 0. The van der Waals surface area contributed by atoms with Gasteiger partial charge in [0.15, 0.2) is 5.78 Å². The molecule has 120 valence electrons. The number of aromatic nitrogens is 1. The van der Waals surface area contributed by atoms with E-state index < -0.39 is 0 Å². The van der Waals surface area contributed by atoms with Crippen LogP contribution < -0.4 is 5.32 Å². The van der Waals surface area contributed by atoms with E-state index in [0.29, 0.717) is 6.42 Å². The summed E-state index contributed by atoms with van der Waals surface area (Å²) in [6.07, 6.45) is 2.39. The number of nitrogens with zero attached hydrogens (tertiary/aromatic N) is 1. The topological polar surface area (TPSA) is 42.0 Å². The quantitative estimate of drug-likeness (QED) is 0.714. The lowest BCUT2D eigenvalue weighted by molar-refractivity contribution is 0.0973. The Labute approximate surface area is 141 Å². The highest BCUT2D eigenvalue weighted by molar-refractivity contribution is 6.12. The lowest BCUT2D eigenvalue weighted by Gasteiger charge is -2.19. The Bertz CT molecular complexity index is 942. The van der Waals surface area contributed by atoms with Crippen molar-refractivity contribution in [2.24, 2.45) is 0 Å². The summed E-state index contributed by atoms with van der Waals surface area (Å²) in [4.78, 5) is 17.3. The molecule has 0 aliphatic heterocycles. The van der Waals surface area contributed by atoms with Crippen LogP contribution in [0.25, 0.3) is 10.8 Å². The number of nitrogens with one attached hydrogen (secondary N) is 1. The SMILES string of the molecule is Cc1ccc(Nc2nc3c(c4cc(C)ccc24)C(=O)CCC3)cc1. The van der Waals surface area contributed by atoms with Gasteiger partial charge in [0.05, 0.1) is 5.69 Å². The number of benzene rings is 2. The fraction of sp³-hybridized carbons (Fsp3) is 0.238. The molecule has 3 heteroatoms. The highest BCUT2D eigenvalue weighted by Crippen LogP contribution is 2.33. The third kappa shape index (κ3) is 2.56. The maximum absolute atomic E-state index is 12.5. The number of pyridine rings is 1. The number of hydrogen-bond donors (Lipinski definition) is 1. The molecule has 3 aromatic rings. The van der Waals surface area contributed by atoms with Crippen LogP contribution in [0.2, 0.25) is 0 Å². The minimum absolute atomic E-state index is 0.223. The second-order valence-electron chi connectivity index (χ2n) is 6.60. The predicted molar refractivity (Wildman–Crippen MR) is 98.2 cm³/mol. The fourth-order valence-corrected chi connectivity index (χ4v) is 3.38. The van der Waals surface area contributed by atoms with Crippen LogP contribution in [-0.4, -0.2) is 10.8 Å². The average molecular weight is 316 g/mol. The average Bonchev–Trinajstić information content (AvgIpc) is 2.56. The van der Waals surface area contributed by atoms with E-state index >= 15 is 0 Å². The number of carbonyl (C=O) groups is 1. The zero-order valence-corrected chi connectivity index (χ0v) is 14.0. The highest BCUT2D eigenvalue weighted by atomic mass is 16.1. The Balaban J connectivity index is 1.91. The molecule has 0 amide bonds. The number of ketones is 1. The zero-order valence-electron chi connectivity index (χ0n) is 14.0. The maximum Gasteiger partial charge on any atom is 0.165 e. The zero-order chi connectivity index (χ0) is 16.7. The van der Waals surface area contributed by atoms with E-state index in [1.54, 1.807) is 0 Å². The van der Waals surface area contributed by atoms with Crippen LogP contribution in [-0.2, 0) is 6.42 Å². The molecule has 4 rings (SSSR count). The molecule has 0 saturated heterocycles. The first-order valence-corrected chi connectivity index (χ1v) is 8.42. The van der Waals surface area contributed by atoms with Gasteiger partial charge in [0.2, 0.25) is 0 Å². The Kier molecular flexibility index (Phi) is 3.57. The number of fused-ring (bicyclic) bond motifs is 3. The van der Waals surface area contributed by atoms with Crippen molar-refractivity contribution >= 4 is 28.1 Å². The van der Waals surface area contributed by atoms with Crippen molar-refractivity contribution in [3.63, 3.8) is 0 Å². The van der Waals surface area contributed by atoms with Crippen LogP contribution in [0.15, 0.2) is 42.5 Å². The molecule has 0 radical (unpaired) electrons. The number of rotatable bonds is 2. The van der Waals surface area contributed by atoms with Crippen molar-refractivity contribution in [1.82, 2.24) is 4.98 Å². The molecule has 2 aromatic carbocycles. The van der Waals surface area contributed by atoms with Crippen LogP contribution in [0.1, 0.15) is 40.0 Å². The van der Waals surface area contributed by atoms with E-state index in [2.05, 4.69) is 61.6 Å². The van der Waals surface area contributed by atoms with Gasteiger partial charge in [-0.1, -0.05) is 41.5 Å². The van der Waals surface area contributed by atoms with Gasteiger partial charge in [-0.15, -0.1) is 0 Å². The van der Waals surface area contributed by atoms with Crippen molar-refractivity contribution < 1.29 is 4.79 Å². The van der Waals surface area contributed by atoms with Crippen molar-refractivity contribution in [1.29, 1.82) is 0 Å². The van der Waals surface area contributed by atoms with E-state index in [0.717, 1.165) is 51.9 Å². The summed E-state index contributed by atoms with van der Waals surface area (Å²) in [5.41, 5.74) is 5.16. The van der Waals surface area contributed by atoms with Crippen LogP contribution in [0.5, 0.6) is 0 Å².